The Kier molecular flexibility index (Phi) is 3.63. The van der Waals surface area contributed by atoms with Gasteiger partial charge in [0.05, 0.1) is 16.6 Å². The summed E-state index contributed by atoms with van der Waals surface area (Å²) >= 11 is 18.2. The maximum absolute atomic E-state index is 6.13. The van der Waals surface area contributed by atoms with E-state index >= 15 is 0 Å². The van der Waals surface area contributed by atoms with E-state index in [0.717, 1.165) is 24.5 Å². The molecule has 86 valence electrons. The molecule has 0 saturated carbocycles. The zero-order valence-electron chi connectivity index (χ0n) is 8.80. The Hall–Kier alpha value is -0.440. The number of hydrogen-bond donors (Lipinski definition) is 0. The van der Waals surface area contributed by atoms with Gasteiger partial charge in [0.2, 0.25) is 0 Å². The first-order chi connectivity index (χ1) is 7.59. The summed E-state index contributed by atoms with van der Waals surface area (Å²) in [5.41, 5.74) is 0.850. The molecule has 0 aromatic heterocycles. The molecule has 2 rings (SSSR count). The molecule has 2 nitrogen and oxygen atoms in total. The van der Waals surface area contributed by atoms with E-state index in [1.807, 2.05) is 7.05 Å². The second kappa shape index (κ2) is 4.82. The van der Waals surface area contributed by atoms with Crippen LogP contribution in [0.2, 0.25) is 15.1 Å². The standard InChI is InChI=1S/C11H11Cl3N2/c1-16-5-4-15-10(16)6-7-8(12)2-3-9(13)11(7)14/h2-3H,4-6H2,1H3. The number of likely N-dealkylation sites (N-methyl/N-ethyl adjacent to an activating group) is 1. The number of amidine groups is 1. The van der Waals surface area contributed by atoms with E-state index in [-0.39, 0.29) is 0 Å². The van der Waals surface area contributed by atoms with E-state index in [1.54, 1.807) is 12.1 Å². The maximum Gasteiger partial charge on any atom is 0.103 e. The smallest absolute Gasteiger partial charge is 0.103 e. The Morgan fingerprint density at radius 2 is 1.94 bits per heavy atom. The van der Waals surface area contributed by atoms with Gasteiger partial charge in [0.15, 0.2) is 0 Å². The van der Waals surface area contributed by atoms with Gasteiger partial charge < -0.3 is 4.90 Å². The van der Waals surface area contributed by atoms with Crippen molar-refractivity contribution in [2.45, 2.75) is 6.42 Å². The van der Waals surface area contributed by atoms with Crippen molar-refractivity contribution in [1.82, 2.24) is 4.90 Å². The monoisotopic (exact) mass is 276 g/mol. The summed E-state index contributed by atoms with van der Waals surface area (Å²) in [6.07, 6.45) is 0.634. The van der Waals surface area contributed by atoms with Gasteiger partial charge in [-0.15, -0.1) is 0 Å². The summed E-state index contributed by atoms with van der Waals surface area (Å²) in [5, 5.41) is 1.69. The third kappa shape index (κ3) is 2.29. The summed E-state index contributed by atoms with van der Waals surface area (Å²) < 4.78 is 0. The highest BCUT2D eigenvalue weighted by atomic mass is 35.5. The summed E-state index contributed by atoms with van der Waals surface area (Å²) in [4.78, 5) is 6.51. The van der Waals surface area contributed by atoms with Gasteiger partial charge in [-0.1, -0.05) is 34.8 Å². The molecule has 0 spiro atoms. The molecule has 1 aromatic carbocycles. The Morgan fingerprint density at radius 3 is 2.56 bits per heavy atom. The average molecular weight is 278 g/mol. The Morgan fingerprint density at radius 1 is 1.25 bits per heavy atom. The van der Waals surface area contributed by atoms with Crippen LogP contribution in [0.4, 0.5) is 0 Å². The lowest BCUT2D eigenvalue weighted by molar-refractivity contribution is 0.548. The molecule has 5 heteroatoms. The zero-order chi connectivity index (χ0) is 11.7. The van der Waals surface area contributed by atoms with Crippen LogP contribution in [0, 0.1) is 0 Å². The number of rotatable bonds is 2. The quantitative estimate of drug-likeness (QED) is 0.755. The third-order valence-electron chi connectivity index (χ3n) is 2.64. The van der Waals surface area contributed by atoms with Crippen LogP contribution in [0.3, 0.4) is 0 Å². The summed E-state index contributed by atoms with van der Waals surface area (Å²) in [6.45, 7) is 1.78. The van der Waals surface area contributed by atoms with Crippen molar-refractivity contribution >= 4 is 40.6 Å². The van der Waals surface area contributed by atoms with Crippen LogP contribution >= 0.6 is 34.8 Å². The first kappa shape index (κ1) is 12.0. The van der Waals surface area contributed by atoms with E-state index in [1.165, 1.54) is 0 Å². The number of hydrogen-bond acceptors (Lipinski definition) is 2. The lowest BCUT2D eigenvalue weighted by Crippen LogP contribution is -2.24. The average Bonchev–Trinajstić information content (AvgIpc) is 2.65. The molecule has 1 aliphatic rings. The highest BCUT2D eigenvalue weighted by Crippen LogP contribution is 2.32. The van der Waals surface area contributed by atoms with E-state index < -0.39 is 0 Å². The van der Waals surface area contributed by atoms with Crippen molar-refractivity contribution in [3.63, 3.8) is 0 Å². The molecule has 0 saturated heterocycles. The normalized spacial score (nSPS) is 15.5. The van der Waals surface area contributed by atoms with Gasteiger partial charge in [0, 0.05) is 25.0 Å². The summed E-state index contributed by atoms with van der Waals surface area (Å²) in [6, 6.07) is 3.47. The summed E-state index contributed by atoms with van der Waals surface area (Å²) in [7, 11) is 2.01. The minimum absolute atomic E-state index is 0.525. The topological polar surface area (TPSA) is 15.6 Å². The van der Waals surface area contributed by atoms with Crippen molar-refractivity contribution in [3.8, 4) is 0 Å². The van der Waals surface area contributed by atoms with Crippen molar-refractivity contribution in [2.75, 3.05) is 20.1 Å². The van der Waals surface area contributed by atoms with Crippen LogP contribution in [-0.2, 0) is 6.42 Å². The molecule has 0 N–H and O–H groups in total. The molecule has 0 radical (unpaired) electrons. The van der Waals surface area contributed by atoms with Crippen molar-refractivity contribution < 1.29 is 0 Å². The number of nitrogens with zero attached hydrogens (tertiary/aromatic N) is 2. The van der Waals surface area contributed by atoms with Crippen LogP contribution in [0.15, 0.2) is 17.1 Å². The fourth-order valence-corrected chi connectivity index (χ4v) is 2.34. The van der Waals surface area contributed by atoms with Gasteiger partial charge in [0.1, 0.15) is 5.84 Å². The molecular weight excluding hydrogens is 266 g/mol. The first-order valence-corrected chi connectivity index (χ1v) is 6.10. The van der Waals surface area contributed by atoms with Crippen LogP contribution in [-0.4, -0.2) is 30.9 Å². The minimum Gasteiger partial charge on any atom is -0.361 e. The minimum atomic E-state index is 0.525. The van der Waals surface area contributed by atoms with E-state index in [0.29, 0.717) is 21.5 Å². The van der Waals surface area contributed by atoms with Crippen LogP contribution in [0.25, 0.3) is 0 Å². The van der Waals surface area contributed by atoms with Gasteiger partial charge in [-0.25, -0.2) is 0 Å². The van der Waals surface area contributed by atoms with E-state index in [2.05, 4.69) is 9.89 Å². The number of aliphatic imine (C=N–C) groups is 1. The molecule has 1 heterocycles. The molecule has 0 amide bonds. The fourth-order valence-electron chi connectivity index (χ4n) is 1.66. The maximum atomic E-state index is 6.13. The van der Waals surface area contributed by atoms with Gasteiger partial charge in [0.25, 0.3) is 0 Å². The molecule has 0 atom stereocenters. The van der Waals surface area contributed by atoms with Crippen LogP contribution < -0.4 is 0 Å². The van der Waals surface area contributed by atoms with Crippen molar-refractivity contribution in [2.24, 2.45) is 4.99 Å². The van der Waals surface area contributed by atoms with E-state index in [9.17, 15) is 0 Å². The zero-order valence-corrected chi connectivity index (χ0v) is 11.1. The van der Waals surface area contributed by atoms with Crippen LogP contribution in [0.1, 0.15) is 5.56 Å². The van der Waals surface area contributed by atoms with Crippen molar-refractivity contribution in [1.29, 1.82) is 0 Å². The molecule has 0 aliphatic carbocycles. The van der Waals surface area contributed by atoms with Gasteiger partial charge in [-0.2, -0.15) is 0 Å². The lowest BCUT2D eigenvalue weighted by Gasteiger charge is -2.15. The predicted molar refractivity (Wildman–Crippen MR) is 70.1 cm³/mol. The van der Waals surface area contributed by atoms with E-state index in [4.69, 9.17) is 34.8 Å². The SMILES string of the molecule is CN1CCN=C1Cc1c(Cl)ccc(Cl)c1Cl. The Bertz CT molecular complexity index is 443. The molecule has 0 fully saturated rings. The molecule has 0 bridgehead atoms. The van der Waals surface area contributed by atoms with Crippen molar-refractivity contribution in [3.05, 3.63) is 32.8 Å². The molecular formula is C11H11Cl3N2. The van der Waals surface area contributed by atoms with Gasteiger partial charge in [-0.3, -0.25) is 4.99 Å². The molecule has 1 aromatic rings. The second-order valence-electron chi connectivity index (χ2n) is 3.72. The Labute approximate surface area is 110 Å². The fraction of sp³-hybridized carbons (Fsp3) is 0.364. The molecule has 0 unspecified atom stereocenters. The van der Waals surface area contributed by atoms with Crippen LogP contribution in [0.5, 0.6) is 0 Å². The second-order valence-corrected chi connectivity index (χ2v) is 4.91. The highest BCUT2D eigenvalue weighted by Gasteiger charge is 2.17. The molecule has 1 aliphatic heterocycles. The molecule has 16 heavy (non-hydrogen) atoms. The number of halogens is 3. The third-order valence-corrected chi connectivity index (χ3v) is 3.84. The largest absolute Gasteiger partial charge is 0.361 e. The van der Waals surface area contributed by atoms with Gasteiger partial charge in [-0.05, 0) is 17.7 Å². The van der Waals surface area contributed by atoms with Gasteiger partial charge >= 0.3 is 0 Å². The number of benzene rings is 1. The first-order valence-electron chi connectivity index (χ1n) is 4.96. The summed E-state index contributed by atoms with van der Waals surface area (Å²) in [5.74, 6) is 1.01. The lowest BCUT2D eigenvalue weighted by atomic mass is 10.1. The highest BCUT2D eigenvalue weighted by molar-refractivity contribution is 6.44. The predicted octanol–water partition coefficient (Wildman–Crippen LogP) is 3.53. The Balaban J connectivity index is 2.31.